The molecule has 14 heavy (non-hydrogen) atoms. The van der Waals surface area contributed by atoms with E-state index in [-0.39, 0.29) is 11.6 Å². The van der Waals surface area contributed by atoms with Crippen molar-refractivity contribution in [3.63, 3.8) is 0 Å². The molecule has 76 valence electrons. The van der Waals surface area contributed by atoms with Gasteiger partial charge in [0, 0.05) is 18.7 Å². The minimum absolute atomic E-state index is 0.261. The number of ether oxygens (including phenoxy) is 1. The molecule has 0 unspecified atom stereocenters. The summed E-state index contributed by atoms with van der Waals surface area (Å²) < 4.78 is 18.4. The number of para-hydroxylation sites is 1. The van der Waals surface area contributed by atoms with Crippen LogP contribution in [0.4, 0.5) is 4.39 Å². The minimum Gasteiger partial charge on any atom is -0.493 e. The molecule has 1 aromatic carbocycles. The van der Waals surface area contributed by atoms with Crippen LogP contribution in [0.25, 0.3) is 0 Å². The van der Waals surface area contributed by atoms with Crippen LogP contribution < -0.4 is 15.8 Å². The monoisotopic (exact) mass is 196 g/mol. The third kappa shape index (κ3) is 1.27. The van der Waals surface area contributed by atoms with Crippen LogP contribution >= 0.6 is 0 Å². The minimum atomic E-state index is -0.479. The fourth-order valence-electron chi connectivity index (χ4n) is 1.69. The van der Waals surface area contributed by atoms with Crippen LogP contribution in [0.5, 0.6) is 5.75 Å². The predicted molar refractivity (Wildman–Crippen MR) is 51.7 cm³/mol. The average molecular weight is 196 g/mol. The lowest BCUT2D eigenvalue weighted by Gasteiger charge is -2.40. The highest BCUT2D eigenvalue weighted by atomic mass is 19.1. The highest BCUT2D eigenvalue weighted by molar-refractivity contribution is 5.42. The molecule has 0 spiro atoms. The van der Waals surface area contributed by atoms with Crippen molar-refractivity contribution in [2.45, 2.75) is 5.54 Å². The van der Waals surface area contributed by atoms with Gasteiger partial charge in [-0.2, -0.15) is 0 Å². The zero-order valence-corrected chi connectivity index (χ0v) is 8.01. The molecule has 2 rings (SSSR count). The van der Waals surface area contributed by atoms with Crippen molar-refractivity contribution in [3.8, 4) is 5.75 Å². The maximum absolute atomic E-state index is 13.3. The van der Waals surface area contributed by atoms with Crippen LogP contribution in [-0.4, -0.2) is 20.2 Å². The van der Waals surface area contributed by atoms with E-state index in [4.69, 9.17) is 10.5 Å². The number of halogens is 1. The summed E-state index contributed by atoms with van der Waals surface area (Å²) in [7, 11) is 1.46. The first kappa shape index (κ1) is 9.43. The van der Waals surface area contributed by atoms with Crippen LogP contribution in [-0.2, 0) is 5.54 Å². The van der Waals surface area contributed by atoms with Crippen LogP contribution in [0.15, 0.2) is 18.2 Å². The summed E-state index contributed by atoms with van der Waals surface area (Å²) >= 11 is 0. The average Bonchev–Trinajstić information content (AvgIpc) is 2.14. The topological polar surface area (TPSA) is 47.3 Å². The zero-order chi connectivity index (χ0) is 10.2. The SMILES string of the molecule is COc1c(F)cccc1C1(N)CNC1. The molecule has 0 radical (unpaired) electrons. The van der Waals surface area contributed by atoms with Gasteiger partial charge in [0.25, 0.3) is 0 Å². The molecule has 0 bridgehead atoms. The smallest absolute Gasteiger partial charge is 0.165 e. The zero-order valence-electron chi connectivity index (χ0n) is 8.01. The Kier molecular flexibility index (Phi) is 2.17. The molecule has 3 N–H and O–H groups in total. The van der Waals surface area contributed by atoms with Crippen LogP contribution in [0, 0.1) is 5.82 Å². The van der Waals surface area contributed by atoms with Gasteiger partial charge in [0.15, 0.2) is 11.6 Å². The van der Waals surface area contributed by atoms with Crippen molar-refractivity contribution < 1.29 is 9.13 Å². The molecule has 0 aliphatic carbocycles. The molecular weight excluding hydrogens is 183 g/mol. The number of methoxy groups -OCH3 is 1. The number of nitrogens with one attached hydrogen (secondary N) is 1. The number of nitrogens with two attached hydrogens (primary N) is 1. The first-order chi connectivity index (χ1) is 6.67. The van der Waals surface area contributed by atoms with Crippen molar-refractivity contribution in [1.82, 2.24) is 5.32 Å². The number of hydrogen-bond donors (Lipinski definition) is 2. The summed E-state index contributed by atoms with van der Waals surface area (Å²) in [6.07, 6.45) is 0. The van der Waals surface area contributed by atoms with Gasteiger partial charge in [0.1, 0.15) is 0 Å². The molecular formula is C10H13FN2O. The van der Waals surface area contributed by atoms with E-state index in [1.165, 1.54) is 13.2 Å². The molecule has 1 aliphatic rings. The summed E-state index contributed by atoms with van der Waals surface area (Å²) in [5.41, 5.74) is 6.32. The van der Waals surface area contributed by atoms with Gasteiger partial charge in [-0.1, -0.05) is 12.1 Å². The Hall–Kier alpha value is -1.13. The third-order valence-corrected chi connectivity index (χ3v) is 2.59. The molecule has 1 heterocycles. The van der Waals surface area contributed by atoms with E-state index in [2.05, 4.69) is 5.32 Å². The molecule has 1 aromatic rings. The first-order valence-corrected chi connectivity index (χ1v) is 4.50. The van der Waals surface area contributed by atoms with Crippen LogP contribution in [0.1, 0.15) is 5.56 Å². The van der Waals surface area contributed by atoms with Gasteiger partial charge in [0.2, 0.25) is 0 Å². The second-order valence-corrected chi connectivity index (χ2v) is 3.58. The van der Waals surface area contributed by atoms with E-state index < -0.39 is 5.54 Å². The maximum Gasteiger partial charge on any atom is 0.165 e. The fraction of sp³-hybridized carbons (Fsp3) is 0.400. The molecule has 3 nitrogen and oxygen atoms in total. The highest BCUT2D eigenvalue weighted by Gasteiger charge is 2.37. The van der Waals surface area contributed by atoms with E-state index >= 15 is 0 Å². The summed E-state index contributed by atoms with van der Waals surface area (Å²) in [5.74, 6) is -0.0989. The fourth-order valence-corrected chi connectivity index (χ4v) is 1.69. The quantitative estimate of drug-likeness (QED) is 0.727. The molecule has 1 fully saturated rings. The van der Waals surface area contributed by atoms with E-state index in [9.17, 15) is 4.39 Å². The van der Waals surface area contributed by atoms with E-state index in [1.807, 2.05) is 6.07 Å². The van der Waals surface area contributed by atoms with Gasteiger partial charge >= 0.3 is 0 Å². The predicted octanol–water partition coefficient (Wildman–Crippen LogP) is 0.592. The van der Waals surface area contributed by atoms with Gasteiger partial charge in [-0.3, -0.25) is 0 Å². The Morgan fingerprint density at radius 1 is 1.50 bits per heavy atom. The molecule has 0 amide bonds. The summed E-state index contributed by atoms with van der Waals surface area (Å²) in [5, 5.41) is 3.07. The van der Waals surface area contributed by atoms with Crippen LogP contribution in [0.2, 0.25) is 0 Å². The molecule has 1 aliphatic heterocycles. The molecule has 0 saturated carbocycles. The van der Waals surface area contributed by atoms with Gasteiger partial charge in [-0.25, -0.2) is 4.39 Å². The molecule has 1 saturated heterocycles. The standard InChI is InChI=1S/C10H13FN2O/c1-14-9-7(3-2-4-8(9)11)10(12)5-13-6-10/h2-4,13H,5-6,12H2,1H3. The lowest BCUT2D eigenvalue weighted by molar-refractivity contribution is 0.270. The first-order valence-electron chi connectivity index (χ1n) is 4.50. The van der Waals surface area contributed by atoms with Crippen molar-refractivity contribution in [2.75, 3.05) is 20.2 Å². The Morgan fingerprint density at radius 3 is 2.71 bits per heavy atom. The van der Waals surface area contributed by atoms with E-state index in [1.54, 1.807) is 6.07 Å². The number of rotatable bonds is 2. The molecule has 0 aromatic heterocycles. The lowest BCUT2D eigenvalue weighted by atomic mass is 9.85. The second kappa shape index (κ2) is 3.22. The Balaban J connectivity index is 2.46. The van der Waals surface area contributed by atoms with Crippen molar-refractivity contribution in [3.05, 3.63) is 29.6 Å². The van der Waals surface area contributed by atoms with Crippen molar-refractivity contribution in [1.29, 1.82) is 0 Å². The molecule has 4 heteroatoms. The van der Waals surface area contributed by atoms with Gasteiger partial charge in [-0.15, -0.1) is 0 Å². The number of benzene rings is 1. The van der Waals surface area contributed by atoms with Gasteiger partial charge < -0.3 is 15.8 Å². The van der Waals surface area contributed by atoms with Gasteiger partial charge in [-0.05, 0) is 6.07 Å². The highest BCUT2D eigenvalue weighted by Crippen LogP contribution is 2.32. The Morgan fingerprint density at radius 2 is 2.21 bits per heavy atom. The summed E-state index contributed by atoms with van der Waals surface area (Å²) in [4.78, 5) is 0. The Bertz CT molecular complexity index is 350. The van der Waals surface area contributed by atoms with Crippen molar-refractivity contribution >= 4 is 0 Å². The maximum atomic E-state index is 13.3. The largest absolute Gasteiger partial charge is 0.493 e. The third-order valence-electron chi connectivity index (χ3n) is 2.59. The Labute approximate surface area is 82.1 Å². The van der Waals surface area contributed by atoms with Gasteiger partial charge in [0.05, 0.1) is 12.6 Å². The second-order valence-electron chi connectivity index (χ2n) is 3.58. The van der Waals surface area contributed by atoms with Crippen molar-refractivity contribution in [2.24, 2.45) is 5.73 Å². The summed E-state index contributed by atoms with van der Waals surface area (Å²) in [6, 6.07) is 4.83. The normalized spacial score (nSPS) is 18.8. The molecule has 0 atom stereocenters. The summed E-state index contributed by atoms with van der Waals surface area (Å²) in [6.45, 7) is 1.32. The number of hydrogen-bond acceptors (Lipinski definition) is 3. The van der Waals surface area contributed by atoms with E-state index in [0.29, 0.717) is 13.1 Å². The lowest BCUT2D eigenvalue weighted by Crippen LogP contribution is -2.62. The van der Waals surface area contributed by atoms with Crippen LogP contribution in [0.3, 0.4) is 0 Å². The van der Waals surface area contributed by atoms with E-state index in [0.717, 1.165) is 5.56 Å².